The highest BCUT2D eigenvalue weighted by molar-refractivity contribution is 5.84. The molecule has 2 heterocycles. The summed E-state index contributed by atoms with van der Waals surface area (Å²) in [6.07, 6.45) is 3.65. The minimum Gasteiger partial charge on any atom is -0.360 e. The minimum atomic E-state index is 0.413. The summed E-state index contributed by atoms with van der Waals surface area (Å²) < 4.78 is 0. The van der Waals surface area contributed by atoms with Gasteiger partial charge in [-0.3, -0.25) is 4.99 Å². The Balaban J connectivity index is 1.87. The summed E-state index contributed by atoms with van der Waals surface area (Å²) in [5.41, 5.74) is 1.37. The van der Waals surface area contributed by atoms with E-state index in [1.165, 1.54) is 43.8 Å². The van der Waals surface area contributed by atoms with E-state index in [9.17, 15) is 0 Å². The quantitative estimate of drug-likeness (QED) is 0.680. The molecule has 1 atom stereocenters. The predicted molar refractivity (Wildman–Crippen MR) is 62.0 cm³/mol. The van der Waals surface area contributed by atoms with Gasteiger partial charge in [0.1, 0.15) is 0 Å². The van der Waals surface area contributed by atoms with Gasteiger partial charge in [0.2, 0.25) is 0 Å². The van der Waals surface area contributed by atoms with Crippen molar-refractivity contribution in [1.82, 2.24) is 4.90 Å². The first-order valence-electron chi connectivity index (χ1n) is 5.80. The summed E-state index contributed by atoms with van der Waals surface area (Å²) in [6.45, 7) is 2.42. The molecule has 2 aliphatic rings. The molecule has 78 valence electrons. The lowest BCUT2D eigenvalue weighted by Crippen LogP contribution is -2.31. The van der Waals surface area contributed by atoms with Crippen LogP contribution < -0.4 is 0 Å². The summed E-state index contributed by atoms with van der Waals surface area (Å²) in [4.78, 5) is 7.30. The molecule has 0 aromatic heterocycles. The van der Waals surface area contributed by atoms with Crippen molar-refractivity contribution >= 4 is 5.84 Å². The second kappa shape index (κ2) is 3.69. The number of fused-ring (bicyclic) bond motifs is 1. The molecule has 1 aromatic rings. The fraction of sp³-hybridized carbons (Fsp3) is 0.462. The normalized spacial score (nSPS) is 24.9. The fourth-order valence-electron chi connectivity index (χ4n) is 2.54. The van der Waals surface area contributed by atoms with Gasteiger partial charge in [0.05, 0.1) is 11.9 Å². The molecular weight excluding hydrogens is 184 g/mol. The number of benzene rings is 1. The second-order valence-corrected chi connectivity index (χ2v) is 4.35. The SMILES string of the molecule is c1ccc(C2CCN3CCCC3=N2)cc1. The van der Waals surface area contributed by atoms with Gasteiger partial charge in [0.25, 0.3) is 0 Å². The van der Waals surface area contributed by atoms with Crippen LogP contribution in [-0.2, 0) is 0 Å². The van der Waals surface area contributed by atoms with E-state index in [-0.39, 0.29) is 0 Å². The number of nitrogens with zero attached hydrogens (tertiary/aromatic N) is 2. The smallest absolute Gasteiger partial charge is 0.0997 e. The Morgan fingerprint density at radius 3 is 2.87 bits per heavy atom. The van der Waals surface area contributed by atoms with E-state index in [1.807, 2.05) is 0 Å². The van der Waals surface area contributed by atoms with Gasteiger partial charge >= 0.3 is 0 Å². The predicted octanol–water partition coefficient (Wildman–Crippen LogP) is 2.63. The van der Waals surface area contributed by atoms with Crippen LogP contribution >= 0.6 is 0 Å². The summed E-state index contributed by atoms with van der Waals surface area (Å²) in [5.74, 6) is 1.34. The molecule has 0 N–H and O–H groups in total. The zero-order valence-corrected chi connectivity index (χ0v) is 8.89. The second-order valence-electron chi connectivity index (χ2n) is 4.35. The molecule has 0 radical (unpaired) electrons. The van der Waals surface area contributed by atoms with Gasteiger partial charge in [-0.2, -0.15) is 0 Å². The molecular formula is C13H16N2. The van der Waals surface area contributed by atoms with Crippen molar-refractivity contribution in [3.05, 3.63) is 35.9 Å². The van der Waals surface area contributed by atoms with Crippen molar-refractivity contribution in [2.45, 2.75) is 25.3 Å². The van der Waals surface area contributed by atoms with E-state index in [0.29, 0.717) is 6.04 Å². The van der Waals surface area contributed by atoms with Gasteiger partial charge in [-0.1, -0.05) is 30.3 Å². The Kier molecular flexibility index (Phi) is 2.20. The first kappa shape index (κ1) is 8.96. The highest BCUT2D eigenvalue weighted by Gasteiger charge is 2.25. The molecule has 0 aliphatic carbocycles. The largest absolute Gasteiger partial charge is 0.360 e. The molecule has 1 unspecified atom stereocenters. The van der Waals surface area contributed by atoms with Gasteiger partial charge in [-0.05, 0) is 18.4 Å². The molecule has 2 heteroatoms. The van der Waals surface area contributed by atoms with Gasteiger partial charge in [-0.25, -0.2) is 0 Å². The van der Waals surface area contributed by atoms with Crippen molar-refractivity contribution in [2.24, 2.45) is 4.99 Å². The highest BCUT2D eigenvalue weighted by Crippen LogP contribution is 2.28. The number of hydrogen-bond donors (Lipinski definition) is 0. The maximum absolute atomic E-state index is 4.86. The van der Waals surface area contributed by atoms with Crippen molar-refractivity contribution in [3.8, 4) is 0 Å². The molecule has 2 aliphatic heterocycles. The third kappa shape index (κ3) is 1.65. The Bertz CT molecular complexity index is 369. The van der Waals surface area contributed by atoms with Crippen LogP contribution in [0.3, 0.4) is 0 Å². The summed E-state index contributed by atoms with van der Waals surface area (Å²) >= 11 is 0. The number of hydrogen-bond acceptors (Lipinski definition) is 2. The van der Waals surface area contributed by atoms with E-state index < -0.39 is 0 Å². The average molecular weight is 200 g/mol. The third-order valence-corrected chi connectivity index (χ3v) is 3.36. The van der Waals surface area contributed by atoms with Crippen LogP contribution in [0.1, 0.15) is 30.9 Å². The molecule has 0 spiro atoms. The molecule has 0 saturated carbocycles. The van der Waals surface area contributed by atoms with E-state index in [1.54, 1.807) is 0 Å². The maximum atomic E-state index is 4.86. The van der Waals surface area contributed by atoms with Gasteiger partial charge in [0, 0.05) is 19.5 Å². The molecule has 3 rings (SSSR count). The lowest BCUT2D eigenvalue weighted by atomic mass is 10.0. The fourth-order valence-corrected chi connectivity index (χ4v) is 2.54. The Labute approximate surface area is 90.6 Å². The molecule has 0 amide bonds. The van der Waals surface area contributed by atoms with Crippen LogP contribution in [0.25, 0.3) is 0 Å². The van der Waals surface area contributed by atoms with Gasteiger partial charge < -0.3 is 4.90 Å². The van der Waals surface area contributed by atoms with E-state index in [0.717, 1.165) is 0 Å². The lowest BCUT2D eigenvalue weighted by molar-refractivity contribution is 0.394. The van der Waals surface area contributed by atoms with Gasteiger partial charge in [0.15, 0.2) is 0 Å². The summed E-state index contributed by atoms with van der Waals surface area (Å²) in [6, 6.07) is 11.1. The number of amidine groups is 1. The van der Waals surface area contributed by atoms with Crippen LogP contribution in [0.15, 0.2) is 35.3 Å². The molecule has 1 fully saturated rings. The summed E-state index contributed by atoms with van der Waals surface area (Å²) in [7, 11) is 0. The van der Waals surface area contributed by atoms with E-state index in [2.05, 4.69) is 35.2 Å². The number of aliphatic imine (C=N–C) groups is 1. The first-order valence-corrected chi connectivity index (χ1v) is 5.80. The summed E-state index contributed by atoms with van der Waals surface area (Å²) in [5, 5.41) is 0. The molecule has 1 aromatic carbocycles. The van der Waals surface area contributed by atoms with Crippen molar-refractivity contribution in [3.63, 3.8) is 0 Å². The van der Waals surface area contributed by atoms with Crippen LogP contribution in [-0.4, -0.2) is 23.8 Å². The minimum absolute atomic E-state index is 0.413. The molecule has 0 bridgehead atoms. The van der Waals surface area contributed by atoms with Crippen molar-refractivity contribution in [2.75, 3.05) is 13.1 Å². The Morgan fingerprint density at radius 1 is 1.13 bits per heavy atom. The van der Waals surface area contributed by atoms with E-state index in [4.69, 9.17) is 4.99 Å². The van der Waals surface area contributed by atoms with Crippen LogP contribution in [0, 0.1) is 0 Å². The monoisotopic (exact) mass is 200 g/mol. The molecule has 2 nitrogen and oxygen atoms in total. The topological polar surface area (TPSA) is 15.6 Å². The Morgan fingerprint density at radius 2 is 2.00 bits per heavy atom. The maximum Gasteiger partial charge on any atom is 0.0997 e. The highest BCUT2D eigenvalue weighted by atomic mass is 15.2. The zero-order valence-electron chi connectivity index (χ0n) is 8.89. The zero-order chi connectivity index (χ0) is 10.1. The van der Waals surface area contributed by atoms with Crippen molar-refractivity contribution < 1.29 is 0 Å². The van der Waals surface area contributed by atoms with Crippen LogP contribution in [0.5, 0.6) is 0 Å². The van der Waals surface area contributed by atoms with E-state index >= 15 is 0 Å². The standard InChI is InChI=1S/C13H16N2/c1-2-5-11(6-3-1)12-8-10-15-9-4-7-13(15)14-12/h1-3,5-6,12H,4,7-10H2. The van der Waals surface area contributed by atoms with Crippen LogP contribution in [0.2, 0.25) is 0 Å². The molecule has 1 saturated heterocycles. The molecule has 15 heavy (non-hydrogen) atoms. The third-order valence-electron chi connectivity index (χ3n) is 3.36. The Hall–Kier alpha value is -1.31. The van der Waals surface area contributed by atoms with Crippen molar-refractivity contribution in [1.29, 1.82) is 0 Å². The van der Waals surface area contributed by atoms with Gasteiger partial charge in [-0.15, -0.1) is 0 Å². The average Bonchev–Trinajstić information content (AvgIpc) is 2.77. The lowest BCUT2D eigenvalue weighted by Gasteiger charge is -2.28. The van der Waals surface area contributed by atoms with Crippen LogP contribution in [0.4, 0.5) is 0 Å². The number of rotatable bonds is 1. The first-order chi connectivity index (χ1) is 7.43.